The minimum atomic E-state index is -0.108. The van der Waals surface area contributed by atoms with Gasteiger partial charge in [-0.2, -0.15) is 0 Å². The Morgan fingerprint density at radius 3 is 2.06 bits per heavy atom. The molecule has 6 heteroatoms. The number of carbonyl (C=O) groups is 3. The molecule has 1 aromatic heterocycles. The highest BCUT2D eigenvalue weighted by atomic mass is 16.3. The summed E-state index contributed by atoms with van der Waals surface area (Å²) in [5.41, 5.74) is 2.13. The zero-order valence-corrected chi connectivity index (χ0v) is 20.3. The lowest BCUT2D eigenvalue weighted by atomic mass is 9.77. The number of ketones is 1. The Balaban J connectivity index is 1.17. The summed E-state index contributed by atoms with van der Waals surface area (Å²) in [6.45, 7) is 4.20. The van der Waals surface area contributed by atoms with Crippen LogP contribution in [0, 0.1) is 17.3 Å². The molecule has 0 N–H and O–H groups in total. The average molecular weight is 481 g/mol. The summed E-state index contributed by atoms with van der Waals surface area (Å²) >= 11 is 0. The first-order chi connectivity index (χ1) is 17.4. The number of likely N-dealkylation sites (tertiary alicyclic amines) is 2. The van der Waals surface area contributed by atoms with Crippen molar-refractivity contribution >= 4 is 17.6 Å². The number of hydrogen-bond donors (Lipinski definition) is 0. The maximum atomic E-state index is 13.1. The summed E-state index contributed by atoms with van der Waals surface area (Å²) in [7, 11) is 0. The summed E-state index contributed by atoms with van der Waals surface area (Å²) < 4.78 is 5.74. The molecular weight excluding hydrogens is 452 g/mol. The Morgan fingerprint density at radius 1 is 0.750 bits per heavy atom. The van der Waals surface area contributed by atoms with Crippen LogP contribution < -0.4 is 0 Å². The highest BCUT2D eigenvalue weighted by Crippen LogP contribution is 2.41. The number of hydrogen-bond acceptors (Lipinski definition) is 4. The van der Waals surface area contributed by atoms with Crippen molar-refractivity contribution in [2.75, 3.05) is 26.2 Å². The predicted octanol–water partition coefficient (Wildman–Crippen LogP) is 4.65. The fraction of sp³-hybridized carbons (Fsp3) is 0.300. The minimum Gasteiger partial charge on any atom is -0.443 e. The van der Waals surface area contributed by atoms with Gasteiger partial charge < -0.3 is 14.2 Å². The van der Waals surface area contributed by atoms with Crippen LogP contribution in [0.3, 0.4) is 0 Å². The van der Waals surface area contributed by atoms with E-state index < -0.39 is 0 Å². The fourth-order valence-corrected chi connectivity index (χ4v) is 5.06. The molecule has 0 saturated carbocycles. The van der Waals surface area contributed by atoms with Gasteiger partial charge in [0.05, 0.1) is 0 Å². The van der Waals surface area contributed by atoms with E-state index in [-0.39, 0.29) is 23.0 Å². The number of Topliss-reactive ketones (excluding diaryl/α,β-unsaturated/α-hetero) is 1. The van der Waals surface area contributed by atoms with E-state index in [1.807, 2.05) is 40.1 Å². The number of rotatable bonds is 3. The fourth-order valence-electron chi connectivity index (χ4n) is 5.06. The molecule has 2 aliphatic heterocycles. The van der Waals surface area contributed by atoms with E-state index in [4.69, 9.17) is 4.42 Å². The first-order valence-corrected chi connectivity index (χ1v) is 12.3. The van der Waals surface area contributed by atoms with Crippen molar-refractivity contribution in [1.82, 2.24) is 9.80 Å². The molecule has 5 rings (SSSR count). The van der Waals surface area contributed by atoms with Crippen LogP contribution in [0.5, 0.6) is 0 Å². The van der Waals surface area contributed by atoms with E-state index in [0.29, 0.717) is 48.8 Å². The lowest BCUT2D eigenvalue weighted by molar-refractivity contribution is 0.0559. The van der Waals surface area contributed by atoms with E-state index in [9.17, 15) is 14.4 Å². The van der Waals surface area contributed by atoms with Crippen LogP contribution in [-0.2, 0) is 0 Å². The van der Waals surface area contributed by atoms with Gasteiger partial charge in [0.25, 0.3) is 11.8 Å². The van der Waals surface area contributed by atoms with E-state index in [1.54, 1.807) is 36.4 Å². The van der Waals surface area contributed by atoms with E-state index in [0.717, 1.165) is 24.8 Å². The maximum Gasteiger partial charge on any atom is 0.289 e. The maximum absolute atomic E-state index is 13.1. The third-order valence-corrected chi connectivity index (χ3v) is 7.30. The summed E-state index contributed by atoms with van der Waals surface area (Å²) in [5.74, 6) is 6.68. The SMILES string of the molecule is CC(=O)c1ccc(C(=O)N2CCC3(CC2)CCN(C(=O)c2ccc(C#Cc4ccccc4)o2)C3)cc1. The van der Waals surface area contributed by atoms with Crippen LogP contribution in [0.4, 0.5) is 0 Å². The van der Waals surface area contributed by atoms with Gasteiger partial charge in [-0.05, 0) is 73.9 Å². The minimum absolute atomic E-state index is 0.00870. The third-order valence-electron chi connectivity index (χ3n) is 7.30. The molecule has 0 atom stereocenters. The summed E-state index contributed by atoms with van der Waals surface area (Å²) in [5, 5.41) is 0. The molecule has 6 nitrogen and oxygen atoms in total. The highest BCUT2D eigenvalue weighted by Gasteiger charge is 2.43. The number of benzene rings is 2. The molecule has 3 heterocycles. The molecule has 0 aliphatic carbocycles. The number of amides is 2. The molecule has 2 aromatic carbocycles. The molecule has 2 aliphatic rings. The number of carbonyl (C=O) groups excluding carboxylic acids is 3. The number of nitrogens with zero attached hydrogens (tertiary/aromatic N) is 2. The van der Waals surface area contributed by atoms with Crippen LogP contribution >= 0.6 is 0 Å². The molecule has 1 spiro atoms. The Labute approximate surface area is 210 Å². The zero-order chi connectivity index (χ0) is 25.1. The highest BCUT2D eigenvalue weighted by molar-refractivity contribution is 5.97. The Kier molecular flexibility index (Phi) is 6.47. The first kappa shape index (κ1) is 23.6. The second kappa shape index (κ2) is 9.87. The van der Waals surface area contributed by atoms with Gasteiger partial charge in [0.1, 0.15) is 0 Å². The largest absolute Gasteiger partial charge is 0.443 e. The Bertz CT molecular complexity index is 1340. The van der Waals surface area contributed by atoms with Crippen molar-refractivity contribution < 1.29 is 18.8 Å². The summed E-state index contributed by atoms with van der Waals surface area (Å²) in [6.07, 6.45) is 2.65. The monoisotopic (exact) mass is 480 g/mol. The molecule has 3 aromatic rings. The van der Waals surface area contributed by atoms with Gasteiger partial charge in [0, 0.05) is 42.9 Å². The lowest BCUT2D eigenvalue weighted by Crippen LogP contribution is -2.44. The topological polar surface area (TPSA) is 70.8 Å². The standard InChI is InChI=1S/C30H28N2O4/c1-22(33)24-8-10-25(11-9-24)28(34)31-18-15-30(16-19-31)17-20-32(21-30)29(35)27-14-13-26(36-27)12-7-23-5-3-2-4-6-23/h2-6,8-11,13-14H,15-21H2,1H3. The first-order valence-electron chi connectivity index (χ1n) is 12.3. The molecule has 2 amide bonds. The Morgan fingerprint density at radius 2 is 1.39 bits per heavy atom. The van der Waals surface area contributed by atoms with Crippen LogP contribution in [0.15, 0.2) is 71.1 Å². The van der Waals surface area contributed by atoms with Crippen molar-refractivity contribution in [3.8, 4) is 11.8 Å². The average Bonchev–Trinajstić information content (AvgIpc) is 3.56. The van der Waals surface area contributed by atoms with Crippen molar-refractivity contribution in [2.45, 2.75) is 26.2 Å². The van der Waals surface area contributed by atoms with Crippen molar-refractivity contribution in [3.05, 3.63) is 94.9 Å². The smallest absolute Gasteiger partial charge is 0.289 e. The van der Waals surface area contributed by atoms with Crippen LogP contribution in [0.2, 0.25) is 0 Å². The molecular formula is C30H28N2O4. The molecule has 2 saturated heterocycles. The van der Waals surface area contributed by atoms with Gasteiger partial charge >= 0.3 is 0 Å². The van der Waals surface area contributed by atoms with Gasteiger partial charge in [-0.25, -0.2) is 0 Å². The van der Waals surface area contributed by atoms with Crippen LogP contribution in [0.25, 0.3) is 0 Å². The van der Waals surface area contributed by atoms with Crippen molar-refractivity contribution in [2.24, 2.45) is 5.41 Å². The summed E-state index contributed by atoms with van der Waals surface area (Å²) in [4.78, 5) is 41.3. The van der Waals surface area contributed by atoms with Crippen molar-refractivity contribution in [1.29, 1.82) is 0 Å². The molecule has 0 bridgehead atoms. The second-order valence-electron chi connectivity index (χ2n) is 9.68. The molecule has 0 radical (unpaired) electrons. The predicted molar refractivity (Wildman–Crippen MR) is 136 cm³/mol. The van der Waals surface area contributed by atoms with Gasteiger partial charge in [0.15, 0.2) is 17.3 Å². The second-order valence-corrected chi connectivity index (χ2v) is 9.68. The van der Waals surface area contributed by atoms with E-state index in [2.05, 4.69) is 11.8 Å². The molecule has 0 unspecified atom stereocenters. The third kappa shape index (κ3) is 4.96. The number of piperidine rings is 1. The summed E-state index contributed by atoms with van der Waals surface area (Å²) in [6, 6.07) is 19.9. The van der Waals surface area contributed by atoms with Crippen molar-refractivity contribution in [3.63, 3.8) is 0 Å². The Hall–Kier alpha value is -4.11. The molecule has 182 valence electrons. The molecule has 2 fully saturated rings. The van der Waals surface area contributed by atoms with E-state index in [1.165, 1.54) is 6.92 Å². The van der Waals surface area contributed by atoms with Gasteiger partial charge in [-0.1, -0.05) is 36.3 Å². The zero-order valence-electron chi connectivity index (χ0n) is 20.3. The normalized spacial score (nSPS) is 16.5. The quantitative estimate of drug-likeness (QED) is 0.404. The van der Waals surface area contributed by atoms with Crippen LogP contribution in [0.1, 0.15) is 68.8 Å². The number of furan rings is 1. The molecule has 36 heavy (non-hydrogen) atoms. The van der Waals surface area contributed by atoms with Crippen LogP contribution in [-0.4, -0.2) is 53.6 Å². The van der Waals surface area contributed by atoms with Gasteiger partial charge in [-0.3, -0.25) is 14.4 Å². The van der Waals surface area contributed by atoms with Gasteiger partial charge in [0.2, 0.25) is 0 Å². The van der Waals surface area contributed by atoms with E-state index >= 15 is 0 Å². The van der Waals surface area contributed by atoms with Gasteiger partial charge in [-0.15, -0.1) is 0 Å². The lowest BCUT2D eigenvalue weighted by Gasteiger charge is -2.39.